The summed E-state index contributed by atoms with van der Waals surface area (Å²) in [4.78, 5) is 34.8. The van der Waals surface area contributed by atoms with Crippen LogP contribution in [0.25, 0.3) is 5.65 Å². The molecule has 0 radical (unpaired) electrons. The van der Waals surface area contributed by atoms with Crippen LogP contribution in [0.2, 0.25) is 0 Å². The average molecular weight is 312 g/mol. The maximum absolute atomic E-state index is 12.5. The number of aromatic amines is 1. The van der Waals surface area contributed by atoms with E-state index in [1.54, 1.807) is 26.2 Å². The Kier molecular flexibility index (Phi) is 3.65. The fourth-order valence-electron chi connectivity index (χ4n) is 2.34. The van der Waals surface area contributed by atoms with Gasteiger partial charge in [0, 0.05) is 19.4 Å². The molecule has 0 saturated heterocycles. The van der Waals surface area contributed by atoms with Crippen molar-refractivity contribution in [1.82, 2.24) is 29.5 Å². The molecule has 0 aliphatic rings. The number of pyridine rings is 1. The highest BCUT2D eigenvalue weighted by Crippen LogP contribution is 2.07. The fraction of sp³-hybridized carbons (Fsp3) is 0.267. The van der Waals surface area contributed by atoms with Crippen molar-refractivity contribution in [2.75, 3.05) is 7.05 Å². The van der Waals surface area contributed by atoms with Gasteiger partial charge < -0.3 is 4.90 Å². The number of carbonyl (C=O) groups is 1. The van der Waals surface area contributed by atoms with Crippen molar-refractivity contribution in [2.45, 2.75) is 20.4 Å². The van der Waals surface area contributed by atoms with E-state index < -0.39 is 5.91 Å². The summed E-state index contributed by atoms with van der Waals surface area (Å²) in [5.41, 5.74) is 1.04. The lowest BCUT2D eigenvalue weighted by atomic mass is 10.2. The van der Waals surface area contributed by atoms with Gasteiger partial charge in [0.15, 0.2) is 5.82 Å². The molecule has 3 rings (SSSR count). The van der Waals surface area contributed by atoms with Gasteiger partial charge in [0.05, 0.1) is 6.54 Å². The molecule has 0 aliphatic carbocycles. The highest BCUT2D eigenvalue weighted by molar-refractivity contribution is 5.93. The Balaban J connectivity index is 1.94. The maximum Gasteiger partial charge on any atom is 0.270 e. The first-order valence-electron chi connectivity index (χ1n) is 7.07. The molecule has 0 bridgehead atoms. The SMILES string of the molecule is Cc1nc(CN(C)C(=O)c2cnc3c(C)cccn3c2=O)n[nH]1. The molecule has 0 saturated carbocycles. The summed E-state index contributed by atoms with van der Waals surface area (Å²) in [5, 5.41) is 6.70. The Morgan fingerprint density at radius 1 is 1.39 bits per heavy atom. The normalized spacial score (nSPS) is 10.9. The van der Waals surface area contributed by atoms with Gasteiger partial charge >= 0.3 is 0 Å². The largest absolute Gasteiger partial charge is 0.334 e. The van der Waals surface area contributed by atoms with E-state index in [0.29, 0.717) is 17.3 Å². The molecule has 3 heterocycles. The van der Waals surface area contributed by atoms with E-state index in [-0.39, 0.29) is 17.7 Å². The standard InChI is InChI=1S/C15H16N6O2/c1-9-5-4-6-21-13(9)16-7-11(15(21)23)14(22)20(3)8-12-17-10(2)18-19-12/h4-7H,8H2,1-3H3,(H,17,18,19). The van der Waals surface area contributed by atoms with Crippen LogP contribution in [0.5, 0.6) is 0 Å². The molecule has 0 unspecified atom stereocenters. The molecule has 8 nitrogen and oxygen atoms in total. The molecule has 3 aromatic heterocycles. The molecule has 8 heteroatoms. The molecule has 0 aliphatic heterocycles. The first-order valence-corrected chi connectivity index (χ1v) is 7.07. The summed E-state index contributed by atoms with van der Waals surface area (Å²) in [6.07, 6.45) is 2.93. The number of nitrogens with one attached hydrogen (secondary N) is 1. The van der Waals surface area contributed by atoms with Gasteiger partial charge in [-0.25, -0.2) is 9.97 Å². The van der Waals surface area contributed by atoms with Crippen molar-refractivity contribution >= 4 is 11.6 Å². The van der Waals surface area contributed by atoms with Gasteiger partial charge in [-0.1, -0.05) is 6.07 Å². The summed E-state index contributed by atoms with van der Waals surface area (Å²) < 4.78 is 1.38. The second-order valence-electron chi connectivity index (χ2n) is 5.36. The quantitative estimate of drug-likeness (QED) is 0.768. The van der Waals surface area contributed by atoms with Gasteiger partial charge in [-0.05, 0) is 25.5 Å². The monoisotopic (exact) mass is 312 g/mol. The topological polar surface area (TPSA) is 96.2 Å². The van der Waals surface area contributed by atoms with Gasteiger partial charge in [-0.15, -0.1) is 0 Å². The zero-order chi connectivity index (χ0) is 16.6. The number of rotatable bonds is 3. The van der Waals surface area contributed by atoms with E-state index in [1.807, 2.05) is 13.0 Å². The number of aromatic nitrogens is 5. The van der Waals surface area contributed by atoms with E-state index in [2.05, 4.69) is 20.2 Å². The van der Waals surface area contributed by atoms with Crippen LogP contribution in [0.15, 0.2) is 29.3 Å². The van der Waals surface area contributed by atoms with Crippen molar-refractivity contribution in [1.29, 1.82) is 0 Å². The van der Waals surface area contributed by atoms with Crippen LogP contribution in [-0.4, -0.2) is 42.4 Å². The number of aryl methyl sites for hydroxylation is 2. The molecular formula is C15H16N6O2. The molecule has 0 aromatic carbocycles. The predicted octanol–water partition coefficient (Wildman–Crippen LogP) is 0.702. The zero-order valence-electron chi connectivity index (χ0n) is 13.1. The molecule has 0 spiro atoms. The highest BCUT2D eigenvalue weighted by atomic mass is 16.2. The van der Waals surface area contributed by atoms with Crippen LogP contribution in [0.3, 0.4) is 0 Å². The van der Waals surface area contributed by atoms with E-state index >= 15 is 0 Å². The third kappa shape index (κ3) is 2.70. The van der Waals surface area contributed by atoms with Crippen molar-refractivity contribution in [3.63, 3.8) is 0 Å². The van der Waals surface area contributed by atoms with E-state index in [1.165, 1.54) is 15.5 Å². The van der Waals surface area contributed by atoms with Crippen LogP contribution in [0, 0.1) is 13.8 Å². The summed E-state index contributed by atoms with van der Waals surface area (Å²) >= 11 is 0. The van der Waals surface area contributed by atoms with Gasteiger partial charge in [-0.3, -0.25) is 19.1 Å². The van der Waals surface area contributed by atoms with Crippen molar-refractivity contribution in [2.24, 2.45) is 0 Å². The molecule has 1 N–H and O–H groups in total. The minimum absolute atomic E-state index is 0.0165. The number of fused-ring (bicyclic) bond motifs is 1. The lowest BCUT2D eigenvalue weighted by Crippen LogP contribution is -2.33. The first kappa shape index (κ1) is 14.9. The van der Waals surface area contributed by atoms with E-state index in [0.717, 1.165) is 5.56 Å². The van der Waals surface area contributed by atoms with Crippen LogP contribution in [0.4, 0.5) is 0 Å². The van der Waals surface area contributed by atoms with Gasteiger partial charge in [-0.2, -0.15) is 5.10 Å². The third-order valence-corrected chi connectivity index (χ3v) is 3.53. The van der Waals surface area contributed by atoms with Crippen LogP contribution in [-0.2, 0) is 6.54 Å². The molecule has 0 fully saturated rings. The molecule has 0 atom stereocenters. The zero-order valence-corrected chi connectivity index (χ0v) is 13.1. The van der Waals surface area contributed by atoms with E-state index in [9.17, 15) is 9.59 Å². The first-order chi connectivity index (χ1) is 11.0. The minimum atomic E-state index is -0.416. The number of hydrogen-bond acceptors (Lipinski definition) is 5. The Labute approximate surface area is 131 Å². The van der Waals surface area contributed by atoms with Crippen molar-refractivity contribution in [3.8, 4) is 0 Å². The van der Waals surface area contributed by atoms with Crippen LogP contribution < -0.4 is 5.56 Å². The summed E-state index contributed by atoms with van der Waals surface area (Å²) in [6.45, 7) is 3.85. The molecule has 1 amide bonds. The lowest BCUT2D eigenvalue weighted by Gasteiger charge is -2.15. The highest BCUT2D eigenvalue weighted by Gasteiger charge is 2.19. The second-order valence-corrected chi connectivity index (χ2v) is 5.36. The number of H-pyrrole nitrogens is 1. The molecule has 3 aromatic rings. The number of amides is 1. The Morgan fingerprint density at radius 3 is 2.87 bits per heavy atom. The Hall–Kier alpha value is -3.03. The fourth-order valence-corrected chi connectivity index (χ4v) is 2.34. The van der Waals surface area contributed by atoms with E-state index in [4.69, 9.17) is 0 Å². The Bertz CT molecular complexity index is 943. The molecule has 23 heavy (non-hydrogen) atoms. The van der Waals surface area contributed by atoms with Gasteiger partial charge in [0.25, 0.3) is 11.5 Å². The average Bonchev–Trinajstić information content (AvgIpc) is 2.93. The number of hydrogen-bond donors (Lipinski definition) is 1. The van der Waals surface area contributed by atoms with Crippen LogP contribution >= 0.6 is 0 Å². The predicted molar refractivity (Wildman–Crippen MR) is 83.1 cm³/mol. The smallest absolute Gasteiger partial charge is 0.270 e. The van der Waals surface area contributed by atoms with Gasteiger partial charge in [0.1, 0.15) is 17.0 Å². The summed E-state index contributed by atoms with van der Waals surface area (Å²) in [6, 6.07) is 3.61. The summed E-state index contributed by atoms with van der Waals surface area (Å²) in [5.74, 6) is 0.743. The third-order valence-electron chi connectivity index (χ3n) is 3.53. The second kappa shape index (κ2) is 5.64. The number of carbonyl (C=O) groups excluding carboxylic acids is 1. The molecule has 118 valence electrons. The summed E-state index contributed by atoms with van der Waals surface area (Å²) in [7, 11) is 1.60. The van der Waals surface area contributed by atoms with Crippen molar-refractivity contribution < 1.29 is 4.79 Å². The van der Waals surface area contributed by atoms with Gasteiger partial charge in [0.2, 0.25) is 0 Å². The molecular weight excluding hydrogens is 296 g/mol. The minimum Gasteiger partial charge on any atom is -0.334 e. The Morgan fingerprint density at radius 2 is 2.17 bits per heavy atom. The maximum atomic E-state index is 12.5. The lowest BCUT2D eigenvalue weighted by molar-refractivity contribution is 0.0779. The van der Waals surface area contributed by atoms with Crippen molar-refractivity contribution in [3.05, 3.63) is 57.7 Å². The number of nitrogens with zero attached hydrogens (tertiary/aromatic N) is 5. The van der Waals surface area contributed by atoms with Crippen LogP contribution in [0.1, 0.15) is 27.6 Å².